The molecule has 0 bridgehead atoms. The number of carbonyl (C=O) groups is 1. The lowest BCUT2D eigenvalue weighted by atomic mass is 9.81. The van der Waals surface area contributed by atoms with Gasteiger partial charge < -0.3 is 30.2 Å². The van der Waals surface area contributed by atoms with Gasteiger partial charge in [-0.05, 0) is 48.7 Å². The fraction of sp³-hybridized carbons (Fsp3) is 0.258. The van der Waals surface area contributed by atoms with Crippen molar-refractivity contribution in [2.45, 2.75) is 38.6 Å². The second kappa shape index (κ2) is 12.8. The van der Waals surface area contributed by atoms with Crippen LogP contribution in [0.5, 0.6) is 11.5 Å². The van der Waals surface area contributed by atoms with E-state index >= 15 is 0 Å². The van der Waals surface area contributed by atoms with Gasteiger partial charge >= 0.3 is 6.18 Å². The largest absolute Gasteiger partial charge is 0.494 e. The molecular formula is C31H32F3N5O3. The van der Waals surface area contributed by atoms with Gasteiger partial charge in [-0.2, -0.15) is 18.2 Å². The number of methoxy groups -OCH3 is 1. The molecule has 1 heterocycles. The van der Waals surface area contributed by atoms with Crippen molar-refractivity contribution in [3.63, 3.8) is 0 Å². The number of benzene rings is 3. The SMILES string of the molecule is CNc1cccc(CNc2nc(Nc3ccc(OCc4ccccc4)cc3OC)ncc2C(F)(F)F)c1C(C)(C)C=O. The van der Waals surface area contributed by atoms with Crippen molar-refractivity contribution < 1.29 is 27.4 Å². The van der Waals surface area contributed by atoms with Gasteiger partial charge in [-0.1, -0.05) is 42.5 Å². The zero-order chi connectivity index (χ0) is 30.3. The van der Waals surface area contributed by atoms with Gasteiger partial charge in [0, 0.05) is 37.0 Å². The van der Waals surface area contributed by atoms with Crippen LogP contribution in [0, 0.1) is 0 Å². The monoisotopic (exact) mass is 579 g/mol. The minimum absolute atomic E-state index is 0.0154. The van der Waals surface area contributed by atoms with Gasteiger partial charge in [0.05, 0.1) is 12.8 Å². The Hall–Kier alpha value is -4.80. The number of nitrogens with zero attached hydrogens (tertiary/aromatic N) is 2. The van der Waals surface area contributed by atoms with Crippen LogP contribution in [-0.4, -0.2) is 30.4 Å². The molecule has 3 N–H and O–H groups in total. The smallest absolute Gasteiger partial charge is 0.421 e. The first-order valence-corrected chi connectivity index (χ1v) is 13.1. The van der Waals surface area contributed by atoms with Crippen LogP contribution in [0.25, 0.3) is 0 Å². The van der Waals surface area contributed by atoms with Crippen LogP contribution >= 0.6 is 0 Å². The van der Waals surface area contributed by atoms with E-state index in [0.717, 1.165) is 18.0 Å². The molecule has 0 fully saturated rings. The van der Waals surface area contributed by atoms with Crippen LogP contribution in [0.1, 0.15) is 36.1 Å². The third kappa shape index (κ3) is 7.09. The molecule has 0 saturated carbocycles. The molecule has 4 rings (SSSR count). The Morgan fingerprint density at radius 3 is 2.40 bits per heavy atom. The Labute approximate surface area is 242 Å². The lowest BCUT2D eigenvalue weighted by Gasteiger charge is -2.25. The Kier molecular flexibility index (Phi) is 9.19. The van der Waals surface area contributed by atoms with Gasteiger partial charge in [0.1, 0.15) is 35.8 Å². The molecule has 42 heavy (non-hydrogen) atoms. The van der Waals surface area contributed by atoms with Gasteiger partial charge in [0.2, 0.25) is 5.95 Å². The van der Waals surface area contributed by atoms with Crippen LogP contribution in [0.3, 0.4) is 0 Å². The van der Waals surface area contributed by atoms with Gasteiger partial charge in [0.15, 0.2) is 0 Å². The van der Waals surface area contributed by atoms with Crippen molar-refractivity contribution in [3.8, 4) is 11.5 Å². The van der Waals surface area contributed by atoms with Crippen molar-refractivity contribution in [1.82, 2.24) is 9.97 Å². The van der Waals surface area contributed by atoms with Gasteiger partial charge in [-0.25, -0.2) is 4.98 Å². The Balaban J connectivity index is 1.59. The molecule has 1 aromatic heterocycles. The van der Waals surface area contributed by atoms with E-state index < -0.39 is 23.0 Å². The number of aldehydes is 1. The number of rotatable bonds is 12. The van der Waals surface area contributed by atoms with Crippen molar-refractivity contribution in [2.75, 3.05) is 30.1 Å². The minimum atomic E-state index is -4.70. The number of hydrogen-bond acceptors (Lipinski definition) is 8. The molecule has 8 nitrogen and oxygen atoms in total. The predicted molar refractivity (Wildman–Crippen MR) is 156 cm³/mol. The molecule has 3 aromatic carbocycles. The van der Waals surface area contributed by atoms with E-state index in [1.54, 1.807) is 51.2 Å². The Morgan fingerprint density at radius 2 is 1.74 bits per heavy atom. The molecule has 4 aromatic rings. The summed E-state index contributed by atoms with van der Waals surface area (Å²) in [7, 11) is 3.19. The average molecular weight is 580 g/mol. The fourth-order valence-corrected chi connectivity index (χ4v) is 4.46. The zero-order valence-corrected chi connectivity index (χ0v) is 23.7. The summed E-state index contributed by atoms with van der Waals surface area (Å²) in [6.45, 7) is 3.84. The molecule has 0 atom stereocenters. The number of hydrogen-bond donors (Lipinski definition) is 3. The predicted octanol–water partition coefficient (Wildman–Crippen LogP) is 6.96. The summed E-state index contributed by atoms with van der Waals surface area (Å²) in [5.41, 5.74) is 1.56. The summed E-state index contributed by atoms with van der Waals surface area (Å²) in [5, 5.41) is 8.81. The zero-order valence-electron chi connectivity index (χ0n) is 23.7. The van der Waals surface area contributed by atoms with E-state index in [1.807, 2.05) is 36.4 Å². The minimum Gasteiger partial charge on any atom is -0.494 e. The quantitative estimate of drug-likeness (QED) is 0.155. The molecule has 0 aliphatic rings. The molecule has 0 radical (unpaired) electrons. The number of nitrogens with one attached hydrogen (secondary N) is 3. The summed E-state index contributed by atoms with van der Waals surface area (Å²) in [5.74, 6) is 0.462. The maximum Gasteiger partial charge on any atom is 0.421 e. The van der Waals surface area contributed by atoms with Crippen LogP contribution < -0.4 is 25.4 Å². The van der Waals surface area contributed by atoms with Crippen LogP contribution in [-0.2, 0) is 29.5 Å². The summed E-state index contributed by atoms with van der Waals surface area (Å²) in [6, 6.07) is 20.0. The summed E-state index contributed by atoms with van der Waals surface area (Å²) < 4.78 is 53.0. The maximum absolute atomic E-state index is 13.9. The third-order valence-corrected chi connectivity index (χ3v) is 6.57. The van der Waals surface area contributed by atoms with Crippen molar-refractivity contribution in [3.05, 3.63) is 95.2 Å². The van der Waals surface area contributed by atoms with E-state index in [2.05, 4.69) is 25.9 Å². The van der Waals surface area contributed by atoms with Gasteiger partial charge in [-0.3, -0.25) is 0 Å². The number of aromatic nitrogens is 2. The Morgan fingerprint density at radius 1 is 0.976 bits per heavy atom. The number of halogens is 3. The number of alkyl halides is 3. The van der Waals surface area contributed by atoms with E-state index in [0.29, 0.717) is 40.6 Å². The second-order valence-corrected chi connectivity index (χ2v) is 10.00. The number of ether oxygens (including phenoxy) is 2. The third-order valence-electron chi connectivity index (χ3n) is 6.57. The normalized spacial score (nSPS) is 11.5. The van der Waals surface area contributed by atoms with Crippen molar-refractivity contribution in [2.24, 2.45) is 0 Å². The van der Waals surface area contributed by atoms with Crippen LogP contribution in [0.15, 0.2) is 72.9 Å². The highest BCUT2D eigenvalue weighted by Crippen LogP contribution is 2.37. The lowest BCUT2D eigenvalue weighted by molar-refractivity contribution is -0.137. The first-order chi connectivity index (χ1) is 20.1. The molecule has 0 aliphatic carbocycles. The second-order valence-electron chi connectivity index (χ2n) is 10.00. The van der Waals surface area contributed by atoms with E-state index in [1.165, 1.54) is 7.11 Å². The van der Waals surface area contributed by atoms with E-state index in [-0.39, 0.29) is 12.5 Å². The fourth-order valence-electron chi connectivity index (χ4n) is 4.46. The maximum atomic E-state index is 13.9. The standard InChI is InChI=1S/C31H32F3N5O3/c1-30(2,19-40)27-21(11-8-12-25(27)35-3)16-36-28-23(31(32,33)34)17-37-29(39-28)38-24-14-13-22(15-26(24)41-4)42-18-20-9-6-5-7-10-20/h5-15,17,19,35H,16,18H2,1-4H3,(H2,36,37,38,39). The molecule has 0 aliphatic heterocycles. The first-order valence-electron chi connectivity index (χ1n) is 13.1. The Bertz CT molecular complexity index is 1530. The van der Waals surface area contributed by atoms with E-state index in [9.17, 15) is 18.0 Å². The number of carbonyl (C=O) groups excluding carboxylic acids is 1. The average Bonchev–Trinajstić information content (AvgIpc) is 2.99. The van der Waals surface area contributed by atoms with Gasteiger partial charge in [0.25, 0.3) is 0 Å². The van der Waals surface area contributed by atoms with Crippen molar-refractivity contribution in [1.29, 1.82) is 0 Å². The summed E-state index contributed by atoms with van der Waals surface area (Å²) >= 11 is 0. The highest BCUT2D eigenvalue weighted by molar-refractivity contribution is 5.74. The first kappa shape index (κ1) is 30.2. The summed E-state index contributed by atoms with van der Waals surface area (Å²) in [4.78, 5) is 19.9. The molecule has 220 valence electrons. The molecule has 0 spiro atoms. The molecule has 0 unspecified atom stereocenters. The topological polar surface area (TPSA) is 97.4 Å². The molecule has 0 saturated heterocycles. The number of anilines is 4. The summed E-state index contributed by atoms with van der Waals surface area (Å²) in [6.07, 6.45) is -3.16. The van der Waals surface area contributed by atoms with Crippen LogP contribution in [0.4, 0.5) is 36.3 Å². The molecule has 11 heteroatoms. The van der Waals surface area contributed by atoms with Crippen molar-refractivity contribution >= 4 is 29.4 Å². The lowest BCUT2D eigenvalue weighted by Crippen LogP contribution is -2.24. The molecular weight excluding hydrogens is 547 g/mol. The van der Waals surface area contributed by atoms with Gasteiger partial charge in [-0.15, -0.1) is 0 Å². The highest BCUT2D eigenvalue weighted by Gasteiger charge is 2.35. The highest BCUT2D eigenvalue weighted by atomic mass is 19.4. The van der Waals surface area contributed by atoms with Crippen LogP contribution in [0.2, 0.25) is 0 Å². The van der Waals surface area contributed by atoms with E-state index in [4.69, 9.17) is 9.47 Å². The molecule has 0 amide bonds.